The summed E-state index contributed by atoms with van der Waals surface area (Å²) in [6.45, 7) is 4.78. The van der Waals surface area contributed by atoms with Gasteiger partial charge in [-0.3, -0.25) is 9.10 Å². The summed E-state index contributed by atoms with van der Waals surface area (Å²) in [7, 11) is -3.49. The maximum atomic E-state index is 13.0. The number of carbonyl (C=O) groups excluding carboxylic acids is 1. The zero-order valence-corrected chi connectivity index (χ0v) is 19.9. The fourth-order valence-electron chi connectivity index (χ4n) is 3.43. The lowest BCUT2D eigenvalue weighted by molar-refractivity contribution is 0.0954. The third-order valence-electron chi connectivity index (χ3n) is 5.40. The standard InChI is InChI=1S/C26H29FN2O3S/c1-19(2)22-10-14-25(15-11-22)29(33(3,31)32)18-21-4-8-23(9-5-21)26(30)28-17-16-20-6-12-24(27)13-7-20/h4-15,19H,16-18H2,1-3H3,(H,28,30). The third-order valence-corrected chi connectivity index (χ3v) is 6.54. The molecule has 0 aliphatic rings. The molecule has 0 aliphatic heterocycles. The molecule has 0 bridgehead atoms. The van der Waals surface area contributed by atoms with Crippen LogP contribution in [0.4, 0.5) is 10.1 Å². The molecule has 0 saturated carbocycles. The molecule has 0 atom stereocenters. The van der Waals surface area contributed by atoms with Gasteiger partial charge in [0.2, 0.25) is 10.0 Å². The normalized spacial score (nSPS) is 11.4. The molecular formula is C26H29FN2O3S. The second kappa shape index (κ2) is 10.6. The first-order valence-corrected chi connectivity index (χ1v) is 12.7. The predicted octanol–water partition coefficient (Wildman–Crippen LogP) is 4.89. The van der Waals surface area contributed by atoms with E-state index in [0.717, 1.165) is 16.7 Å². The number of amides is 1. The molecule has 0 unspecified atom stereocenters. The topological polar surface area (TPSA) is 66.5 Å². The van der Waals surface area contributed by atoms with Crippen LogP contribution in [0.5, 0.6) is 0 Å². The van der Waals surface area contributed by atoms with E-state index in [1.54, 1.807) is 36.4 Å². The Hall–Kier alpha value is -3.19. The minimum atomic E-state index is -3.49. The molecule has 3 aromatic rings. The van der Waals surface area contributed by atoms with E-state index < -0.39 is 10.0 Å². The van der Waals surface area contributed by atoms with Gasteiger partial charge in [0.05, 0.1) is 18.5 Å². The first-order valence-electron chi connectivity index (χ1n) is 10.8. The molecule has 7 heteroatoms. The van der Waals surface area contributed by atoms with Crippen molar-refractivity contribution in [3.05, 3.63) is 101 Å². The van der Waals surface area contributed by atoms with Crippen LogP contribution in [-0.4, -0.2) is 27.1 Å². The van der Waals surface area contributed by atoms with Crippen LogP contribution < -0.4 is 9.62 Å². The van der Waals surface area contributed by atoms with Crippen LogP contribution in [0.1, 0.15) is 46.8 Å². The van der Waals surface area contributed by atoms with Crippen molar-refractivity contribution in [2.24, 2.45) is 0 Å². The molecular weight excluding hydrogens is 439 g/mol. The summed E-state index contributed by atoms with van der Waals surface area (Å²) in [6.07, 6.45) is 1.79. The fourth-order valence-corrected chi connectivity index (χ4v) is 4.31. The minimum absolute atomic E-state index is 0.173. The molecule has 0 aliphatic carbocycles. The zero-order chi connectivity index (χ0) is 24.0. The lowest BCUT2D eigenvalue weighted by atomic mass is 10.0. The summed E-state index contributed by atoms with van der Waals surface area (Å²) in [6, 6.07) is 20.6. The fraction of sp³-hybridized carbons (Fsp3) is 0.269. The highest BCUT2D eigenvalue weighted by atomic mass is 32.2. The summed E-state index contributed by atoms with van der Waals surface area (Å²) in [5, 5.41) is 2.85. The van der Waals surface area contributed by atoms with E-state index in [1.807, 2.05) is 24.3 Å². The van der Waals surface area contributed by atoms with Gasteiger partial charge >= 0.3 is 0 Å². The maximum Gasteiger partial charge on any atom is 0.251 e. The van der Waals surface area contributed by atoms with E-state index in [4.69, 9.17) is 0 Å². The number of anilines is 1. The van der Waals surface area contributed by atoms with Gasteiger partial charge in [-0.1, -0.05) is 50.2 Å². The minimum Gasteiger partial charge on any atom is -0.352 e. The summed E-state index contributed by atoms with van der Waals surface area (Å²) >= 11 is 0. The number of carbonyl (C=O) groups is 1. The highest BCUT2D eigenvalue weighted by Gasteiger charge is 2.18. The summed E-state index contributed by atoms with van der Waals surface area (Å²) in [5.41, 5.74) is 3.95. The van der Waals surface area contributed by atoms with Crippen LogP contribution >= 0.6 is 0 Å². The van der Waals surface area contributed by atoms with Crippen molar-refractivity contribution in [1.29, 1.82) is 0 Å². The number of rotatable bonds is 9. The molecule has 0 aromatic heterocycles. The summed E-state index contributed by atoms with van der Waals surface area (Å²) < 4.78 is 39.2. The Kier molecular flexibility index (Phi) is 7.87. The van der Waals surface area contributed by atoms with E-state index in [0.29, 0.717) is 30.1 Å². The number of hydrogen-bond donors (Lipinski definition) is 1. The molecule has 0 heterocycles. The highest BCUT2D eigenvalue weighted by Crippen LogP contribution is 2.24. The van der Waals surface area contributed by atoms with E-state index >= 15 is 0 Å². The smallest absolute Gasteiger partial charge is 0.251 e. The second-order valence-corrected chi connectivity index (χ2v) is 10.3. The molecule has 0 spiro atoms. The van der Waals surface area contributed by atoms with Crippen LogP contribution in [0.2, 0.25) is 0 Å². The van der Waals surface area contributed by atoms with Gasteiger partial charge in [-0.25, -0.2) is 12.8 Å². The molecule has 33 heavy (non-hydrogen) atoms. The van der Waals surface area contributed by atoms with Crippen LogP contribution in [-0.2, 0) is 23.0 Å². The predicted molar refractivity (Wildman–Crippen MR) is 130 cm³/mol. The molecule has 1 N–H and O–H groups in total. The van der Waals surface area contributed by atoms with Crippen molar-refractivity contribution >= 4 is 21.6 Å². The van der Waals surface area contributed by atoms with Crippen LogP contribution in [0.25, 0.3) is 0 Å². The monoisotopic (exact) mass is 468 g/mol. The number of nitrogens with zero attached hydrogens (tertiary/aromatic N) is 1. The number of sulfonamides is 1. The Balaban J connectivity index is 1.63. The number of benzene rings is 3. The average Bonchev–Trinajstić information content (AvgIpc) is 2.78. The average molecular weight is 469 g/mol. The molecule has 0 fully saturated rings. The van der Waals surface area contributed by atoms with Gasteiger partial charge in [0.1, 0.15) is 5.82 Å². The molecule has 0 radical (unpaired) electrons. The molecule has 3 rings (SSSR count). The zero-order valence-electron chi connectivity index (χ0n) is 19.1. The summed E-state index contributed by atoms with van der Waals surface area (Å²) in [4.78, 5) is 12.4. The number of nitrogens with one attached hydrogen (secondary N) is 1. The third kappa shape index (κ3) is 6.89. The van der Waals surface area contributed by atoms with Crippen LogP contribution in [0, 0.1) is 5.82 Å². The first-order chi connectivity index (χ1) is 15.6. The van der Waals surface area contributed by atoms with Crippen molar-refractivity contribution in [1.82, 2.24) is 5.32 Å². The Morgan fingerprint density at radius 2 is 1.48 bits per heavy atom. The van der Waals surface area contributed by atoms with Crippen LogP contribution in [0.15, 0.2) is 72.8 Å². The lowest BCUT2D eigenvalue weighted by Gasteiger charge is -2.23. The van der Waals surface area contributed by atoms with Gasteiger partial charge in [-0.05, 0) is 65.4 Å². The number of halogens is 1. The van der Waals surface area contributed by atoms with E-state index in [2.05, 4.69) is 19.2 Å². The van der Waals surface area contributed by atoms with E-state index in [-0.39, 0.29) is 18.3 Å². The van der Waals surface area contributed by atoms with E-state index in [1.165, 1.54) is 22.7 Å². The Bertz CT molecular complexity index is 1170. The van der Waals surface area contributed by atoms with Gasteiger partial charge < -0.3 is 5.32 Å². The SMILES string of the molecule is CC(C)c1ccc(N(Cc2ccc(C(=O)NCCc3ccc(F)cc3)cc2)S(C)(=O)=O)cc1. The Labute approximate surface area is 195 Å². The van der Waals surface area contributed by atoms with Gasteiger partial charge in [-0.2, -0.15) is 0 Å². The first kappa shape index (κ1) is 24.5. The Morgan fingerprint density at radius 1 is 0.909 bits per heavy atom. The van der Waals surface area contributed by atoms with Crippen molar-refractivity contribution < 1.29 is 17.6 Å². The number of hydrogen-bond acceptors (Lipinski definition) is 3. The molecule has 0 saturated heterocycles. The highest BCUT2D eigenvalue weighted by molar-refractivity contribution is 7.92. The maximum absolute atomic E-state index is 13.0. The lowest BCUT2D eigenvalue weighted by Crippen LogP contribution is -2.29. The summed E-state index contributed by atoms with van der Waals surface area (Å²) in [5.74, 6) is -0.141. The van der Waals surface area contributed by atoms with Gasteiger partial charge in [-0.15, -0.1) is 0 Å². The molecule has 3 aromatic carbocycles. The van der Waals surface area contributed by atoms with E-state index in [9.17, 15) is 17.6 Å². The second-order valence-electron chi connectivity index (χ2n) is 8.35. The van der Waals surface area contributed by atoms with Crippen molar-refractivity contribution in [3.63, 3.8) is 0 Å². The van der Waals surface area contributed by atoms with Gasteiger partial charge in [0.15, 0.2) is 0 Å². The quantitative estimate of drug-likeness (QED) is 0.486. The molecule has 5 nitrogen and oxygen atoms in total. The Morgan fingerprint density at radius 3 is 2.03 bits per heavy atom. The van der Waals surface area contributed by atoms with Crippen molar-refractivity contribution in [3.8, 4) is 0 Å². The van der Waals surface area contributed by atoms with Crippen molar-refractivity contribution in [2.45, 2.75) is 32.7 Å². The van der Waals surface area contributed by atoms with Crippen LogP contribution in [0.3, 0.4) is 0 Å². The largest absolute Gasteiger partial charge is 0.352 e. The molecule has 174 valence electrons. The van der Waals surface area contributed by atoms with Gasteiger partial charge in [0, 0.05) is 12.1 Å². The van der Waals surface area contributed by atoms with Crippen molar-refractivity contribution in [2.75, 3.05) is 17.1 Å². The van der Waals surface area contributed by atoms with Gasteiger partial charge in [0.25, 0.3) is 5.91 Å². The molecule has 1 amide bonds.